The molecule has 1 aromatic carbocycles. The molecule has 0 heterocycles. The number of benzene rings is 1. The number of carboxylic acid groups (broad SMARTS) is 1. The molecule has 2 atom stereocenters. The fourth-order valence-electron chi connectivity index (χ4n) is 2.01. The van der Waals surface area contributed by atoms with Crippen molar-refractivity contribution in [2.45, 2.75) is 24.9 Å². The number of ether oxygens (including phenoxy) is 1. The normalized spacial score (nSPS) is 12.5. The van der Waals surface area contributed by atoms with E-state index in [1.807, 2.05) is 5.32 Å². The van der Waals surface area contributed by atoms with Crippen molar-refractivity contribution in [2.24, 2.45) is 5.73 Å². The molecule has 9 nitrogen and oxygen atoms in total. The summed E-state index contributed by atoms with van der Waals surface area (Å²) in [7, 11) is 1.17. The Balaban J connectivity index is 2.86. The van der Waals surface area contributed by atoms with E-state index in [-0.39, 0.29) is 6.42 Å². The summed E-state index contributed by atoms with van der Waals surface area (Å²) in [5.74, 6) is -2.84. The van der Waals surface area contributed by atoms with Crippen LogP contribution in [0.15, 0.2) is 30.3 Å². The van der Waals surface area contributed by atoms with Gasteiger partial charge in [0.1, 0.15) is 12.1 Å². The van der Waals surface area contributed by atoms with Gasteiger partial charge in [-0.15, -0.1) is 0 Å². The first-order valence-electron chi connectivity index (χ1n) is 7.03. The summed E-state index contributed by atoms with van der Waals surface area (Å²) in [5, 5.41) is 13.2. The van der Waals surface area contributed by atoms with Gasteiger partial charge in [0.15, 0.2) is 0 Å². The Bertz CT molecular complexity index is 588. The highest BCUT2D eigenvalue weighted by atomic mass is 16.5. The van der Waals surface area contributed by atoms with E-state index < -0.39 is 42.4 Å². The average molecular weight is 337 g/mol. The molecule has 1 rings (SSSR count). The van der Waals surface area contributed by atoms with Gasteiger partial charge in [-0.05, 0) is 5.56 Å². The third-order valence-corrected chi connectivity index (χ3v) is 3.10. The second-order valence-corrected chi connectivity index (χ2v) is 4.93. The smallest absolute Gasteiger partial charge is 0.328 e. The van der Waals surface area contributed by atoms with Gasteiger partial charge in [0.05, 0.1) is 13.5 Å². The van der Waals surface area contributed by atoms with E-state index >= 15 is 0 Å². The van der Waals surface area contributed by atoms with Crippen molar-refractivity contribution in [2.75, 3.05) is 7.11 Å². The van der Waals surface area contributed by atoms with Crippen molar-refractivity contribution in [3.63, 3.8) is 0 Å². The van der Waals surface area contributed by atoms with Crippen LogP contribution in [0.4, 0.5) is 4.79 Å². The molecule has 0 spiro atoms. The third kappa shape index (κ3) is 6.34. The molecule has 9 heteroatoms. The Morgan fingerprint density at radius 2 is 1.75 bits per heavy atom. The van der Waals surface area contributed by atoms with Gasteiger partial charge in [-0.1, -0.05) is 30.3 Å². The molecule has 0 aromatic heterocycles. The van der Waals surface area contributed by atoms with Gasteiger partial charge in [0.25, 0.3) is 0 Å². The molecule has 1 aromatic rings. The minimum Gasteiger partial charge on any atom is -0.481 e. The van der Waals surface area contributed by atoms with Crippen molar-refractivity contribution < 1.29 is 29.0 Å². The second-order valence-electron chi connectivity index (χ2n) is 4.93. The number of urea groups is 1. The molecule has 5 N–H and O–H groups in total. The van der Waals surface area contributed by atoms with Crippen molar-refractivity contribution in [1.29, 1.82) is 0 Å². The minimum atomic E-state index is -1.40. The minimum absolute atomic E-state index is 0.148. The summed E-state index contributed by atoms with van der Waals surface area (Å²) >= 11 is 0. The molecule has 24 heavy (non-hydrogen) atoms. The number of carbonyl (C=O) groups excluding carboxylic acids is 3. The summed E-state index contributed by atoms with van der Waals surface area (Å²) in [6.07, 6.45) is -0.524. The maximum absolute atomic E-state index is 12.2. The zero-order valence-electron chi connectivity index (χ0n) is 13.0. The number of rotatable bonds is 8. The molecule has 0 bridgehead atoms. The number of nitrogens with one attached hydrogen (secondary N) is 2. The molecule has 0 fully saturated rings. The fourth-order valence-corrected chi connectivity index (χ4v) is 2.01. The number of aliphatic carboxylic acids is 1. The van der Waals surface area contributed by atoms with E-state index in [0.717, 1.165) is 5.56 Å². The summed E-state index contributed by atoms with van der Waals surface area (Å²) in [5.41, 5.74) is 5.70. The number of hydrogen-bond donors (Lipinski definition) is 4. The first-order chi connectivity index (χ1) is 11.3. The van der Waals surface area contributed by atoms with Gasteiger partial charge >= 0.3 is 18.0 Å². The van der Waals surface area contributed by atoms with Crippen LogP contribution in [0.2, 0.25) is 0 Å². The Morgan fingerprint density at radius 1 is 1.12 bits per heavy atom. The molecule has 0 saturated heterocycles. The standard InChI is InChI=1S/C15H19N3O6/c1-24-14(22)11(7-9-5-3-2-4-6-9)17-13(21)10(8-12(19)20)18-15(16)23/h2-6,10-11H,7-8H2,1H3,(H,17,21)(H,19,20)(H3,16,18,23)/t10-,11-/m0/s1. The molecule has 0 unspecified atom stereocenters. The summed E-state index contributed by atoms with van der Waals surface area (Å²) in [4.78, 5) is 45.7. The van der Waals surface area contributed by atoms with E-state index in [2.05, 4.69) is 10.1 Å². The quantitative estimate of drug-likeness (QED) is 0.466. The highest BCUT2D eigenvalue weighted by Gasteiger charge is 2.28. The van der Waals surface area contributed by atoms with E-state index in [0.29, 0.717) is 0 Å². The SMILES string of the molecule is COC(=O)[C@H](Cc1ccccc1)NC(=O)[C@H](CC(=O)O)NC(N)=O. The molecule has 0 saturated carbocycles. The number of carboxylic acids is 1. The number of hydrogen-bond acceptors (Lipinski definition) is 5. The monoisotopic (exact) mass is 337 g/mol. The van der Waals surface area contributed by atoms with Crippen LogP contribution in [-0.4, -0.2) is 48.2 Å². The predicted octanol–water partition coefficient (Wildman–Crippen LogP) is -0.601. The number of nitrogens with two attached hydrogens (primary N) is 1. The summed E-state index contributed by atoms with van der Waals surface area (Å²) in [6, 6.07) is 5.39. The lowest BCUT2D eigenvalue weighted by atomic mass is 10.1. The van der Waals surface area contributed by atoms with Crippen molar-refractivity contribution in [3.05, 3.63) is 35.9 Å². The number of esters is 1. The topological polar surface area (TPSA) is 148 Å². The van der Waals surface area contributed by atoms with Crippen molar-refractivity contribution in [3.8, 4) is 0 Å². The first-order valence-corrected chi connectivity index (χ1v) is 7.03. The Hall–Kier alpha value is -3.10. The van der Waals surface area contributed by atoms with Gasteiger partial charge in [-0.2, -0.15) is 0 Å². The van der Waals surface area contributed by atoms with Crippen LogP contribution in [0.1, 0.15) is 12.0 Å². The zero-order chi connectivity index (χ0) is 18.1. The molecule has 0 radical (unpaired) electrons. The van der Waals surface area contributed by atoms with Crippen LogP contribution in [-0.2, 0) is 25.5 Å². The Morgan fingerprint density at radius 3 is 2.25 bits per heavy atom. The van der Waals surface area contributed by atoms with E-state index in [4.69, 9.17) is 10.8 Å². The average Bonchev–Trinajstić information content (AvgIpc) is 2.52. The van der Waals surface area contributed by atoms with Gasteiger partial charge in [0.2, 0.25) is 5.91 Å². The lowest BCUT2D eigenvalue weighted by molar-refractivity contribution is -0.145. The third-order valence-electron chi connectivity index (χ3n) is 3.10. The van der Waals surface area contributed by atoms with Gasteiger partial charge in [0, 0.05) is 6.42 Å². The maximum Gasteiger partial charge on any atom is 0.328 e. The zero-order valence-corrected chi connectivity index (χ0v) is 13.0. The van der Waals surface area contributed by atoms with Crippen LogP contribution < -0.4 is 16.4 Å². The van der Waals surface area contributed by atoms with Crippen molar-refractivity contribution in [1.82, 2.24) is 10.6 Å². The lowest BCUT2D eigenvalue weighted by Crippen LogP contribution is -2.54. The molecular weight excluding hydrogens is 318 g/mol. The molecular formula is C15H19N3O6. The second kappa shape index (κ2) is 9.13. The van der Waals surface area contributed by atoms with E-state index in [9.17, 15) is 19.2 Å². The maximum atomic E-state index is 12.2. The fraction of sp³-hybridized carbons (Fsp3) is 0.333. The summed E-state index contributed by atoms with van der Waals surface area (Å²) in [6.45, 7) is 0. The number of amides is 3. The van der Waals surface area contributed by atoms with Crippen LogP contribution in [0, 0.1) is 0 Å². The summed E-state index contributed by atoms with van der Waals surface area (Å²) < 4.78 is 4.65. The first kappa shape index (κ1) is 18.9. The van der Waals surface area contributed by atoms with Gasteiger partial charge < -0.3 is 26.2 Å². The van der Waals surface area contributed by atoms with Crippen LogP contribution >= 0.6 is 0 Å². The molecule has 0 aliphatic heterocycles. The van der Waals surface area contributed by atoms with Crippen molar-refractivity contribution >= 4 is 23.9 Å². The number of methoxy groups -OCH3 is 1. The largest absolute Gasteiger partial charge is 0.481 e. The molecule has 0 aliphatic carbocycles. The van der Waals surface area contributed by atoms with Crippen LogP contribution in [0.25, 0.3) is 0 Å². The lowest BCUT2D eigenvalue weighted by Gasteiger charge is -2.20. The van der Waals surface area contributed by atoms with Gasteiger partial charge in [-0.3, -0.25) is 9.59 Å². The van der Waals surface area contributed by atoms with Gasteiger partial charge in [-0.25, -0.2) is 9.59 Å². The molecule has 130 valence electrons. The Labute approximate surface area is 138 Å². The van der Waals surface area contributed by atoms with Crippen LogP contribution in [0.3, 0.4) is 0 Å². The predicted molar refractivity (Wildman–Crippen MR) is 82.9 cm³/mol. The van der Waals surface area contributed by atoms with Crippen LogP contribution in [0.5, 0.6) is 0 Å². The molecule has 0 aliphatic rings. The Kier molecular flexibility index (Phi) is 7.21. The highest BCUT2D eigenvalue weighted by Crippen LogP contribution is 2.05. The number of primary amides is 1. The molecule has 3 amide bonds. The highest BCUT2D eigenvalue weighted by molar-refractivity contribution is 5.92. The van der Waals surface area contributed by atoms with E-state index in [1.165, 1.54) is 7.11 Å². The van der Waals surface area contributed by atoms with E-state index in [1.54, 1.807) is 30.3 Å². The number of carbonyl (C=O) groups is 4.